The molecule has 0 aliphatic heterocycles. The molecule has 2 nitrogen and oxygen atoms in total. The highest BCUT2D eigenvalue weighted by molar-refractivity contribution is 7.07. The van der Waals surface area contributed by atoms with Crippen LogP contribution in [0.3, 0.4) is 0 Å². The van der Waals surface area contributed by atoms with E-state index in [0.717, 1.165) is 6.42 Å². The summed E-state index contributed by atoms with van der Waals surface area (Å²) in [6, 6.07) is 8.88. The van der Waals surface area contributed by atoms with E-state index in [1.54, 1.807) is 11.3 Å². The van der Waals surface area contributed by atoms with Crippen molar-refractivity contribution in [3.05, 3.63) is 57.3 Å². The molecule has 3 heteroatoms. The molecule has 0 amide bonds. The van der Waals surface area contributed by atoms with E-state index in [0.29, 0.717) is 0 Å². The van der Waals surface area contributed by atoms with Crippen LogP contribution in [0.25, 0.3) is 0 Å². The predicted octanol–water partition coefficient (Wildman–Crippen LogP) is 3.11. The summed E-state index contributed by atoms with van der Waals surface area (Å²) >= 11 is 1.71. The van der Waals surface area contributed by atoms with Gasteiger partial charge in [0.2, 0.25) is 0 Å². The van der Waals surface area contributed by atoms with Gasteiger partial charge in [-0.05, 0) is 53.8 Å². The van der Waals surface area contributed by atoms with Gasteiger partial charge in [-0.25, -0.2) is 0 Å². The molecule has 0 aliphatic carbocycles. The topological polar surface area (TPSA) is 38.0 Å². The first-order chi connectivity index (χ1) is 8.20. The summed E-state index contributed by atoms with van der Waals surface area (Å²) < 4.78 is 0. The van der Waals surface area contributed by atoms with Gasteiger partial charge in [0, 0.05) is 0 Å². The second-order valence-corrected chi connectivity index (χ2v) is 5.19. The monoisotopic (exact) mass is 246 g/mol. The molecule has 1 atom stereocenters. The molecular weight excluding hydrogens is 228 g/mol. The summed E-state index contributed by atoms with van der Waals surface area (Å²) in [6.45, 7) is 4.27. The van der Waals surface area contributed by atoms with E-state index in [2.05, 4.69) is 54.3 Å². The highest BCUT2D eigenvalue weighted by Gasteiger charge is 2.12. The standard InChI is InChI=1S/C14H18N2S/c1-10-3-4-11(2)13(7-10)8-14(16-15)12-5-6-17-9-12/h3-7,9,14,16H,8,15H2,1-2H3. The molecule has 1 aromatic heterocycles. The Kier molecular flexibility index (Phi) is 3.94. The quantitative estimate of drug-likeness (QED) is 0.642. The van der Waals surface area contributed by atoms with Crippen molar-refractivity contribution in [1.82, 2.24) is 5.43 Å². The third kappa shape index (κ3) is 2.94. The molecule has 0 spiro atoms. The van der Waals surface area contributed by atoms with Gasteiger partial charge in [-0.15, -0.1) is 0 Å². The average Bonchev–Trinajstić information content (AvgIpc) is 2.84. The molecule has 0 saturated carbocycles. The van der Waals surface area contributed by atoms with E-state index in [1.807, 2.05) is 0 Å². The predicted molar refractivity (Wildman–Crippen MR) is 74.0 cm³/mol. The maximum Gasteiger partial charge on any atom is 0.0508 e. The largest absolute Gasteiger partial charge is 0.271 e. The minimum atomic E-state index is 0.196. The second kappa shape index (κ2) is 5.45. The van der Waals surface area contributed by atoms with Crippen molar-refractivity contribution in [1.29, 1.82) is 0 Å². The van der Waals surface area contributed by atoms with Crippen LogP contribution in [0.1, 0.15) is 28.3 Å². The molecule has 2 aromatic rings. The molecule has 0 fully saturated rings. The van der Waals surface area contributed by atoms with Crippen molar-refractivity contribution in [2.24, 2.45) is 5.84 Å². The summed E-state index contributed by atoms with van der Waals surface area (Å²) in [5.74, 6) is 5.65. The first-order valence-electron chi connectivity index (χ1n) is 5.75. The van der Waals surface area contributed by atoms with Crippen molar-refractivity contribution in [2.45, 2.75) is 26.3 Å². The molecule has 0 saturated heterocycles. The first kappa shape index (κ1) is 12.3. The third-order valence-electron chi connectivity index (χ3n) is 3.08. The molecule has 1 heterocycles. The van der Waals surface area contributed by atoms with E-state index in [9.17, 15) is 0 Å². The molecule has 0 radical (unpaired) electrons. The maximum absolute atomic E-state index is 5.65. The fourth-order valence-electron chi connectivity index (χ4n) is 1.99. The van der Waals surface area contributed by atoms with Crippen LogP contribution in [0.15, 0.2) is 35.0 Å². The lowest BCUT2D eigenvalue weighted by molar-refractivity contribution is 0.552. The Hall–Kier alpha value is -1.16. The summed E-state index contributed by atoms with van der Waals surface area (Å²) in [5.41, 5.74) is 8.15. The van der Waals surface area contributed by atoms with Crippen LogP contribution < -0.4 is 11.3 Å². The molecule has 90 valence electrons. The number of hydrogen-bond donors (Lipinski definition) is 2. The zero-order valence-electron chi connectivity index (χ0n) is 10.2. The minimum Gasteiger partial charge on any atom is -0.271 e. The lowest BCUT2D eigenvalue weighted by atomic mass is 9.96. The van der Waals surface area contributed by atoms with Crippen LogP contribution in [-0.2, 0) is 6.42 Å². The summed E-state index contributed by atoms with van der Waals surface area (Å²) in [4.78, 5) is 0. The molecule has 17 heavy (non-hydrogen) atoms. The van der Waals surface area contributed by atoms with Gasteiger partial charge in [0.15, 0.2) is 0 Å². The van der Waals surface area contributed by atoms with Crippen molar-refractivity contribution in [2.75, 3.05) is 0 Å². The average molecular weight is 246 g/mol. The number of aryl methyl sites for hydroxylation is 2. The Balaban J connectivity index is 2.21. The van der Waals surface area contributed by atoms with Crippen LogP contribution in [0, 0.1) is 13.8 Å². The number of thiophene rings is 1. The maximum atomic E-state index is 5.65. The van der Waals surface area contributed by atoms with Gasteiger partial charge >= 0.3 is 0 Å². The van der Waals surface area contributed by atoms with Gasteiger partial charge in [0.25, 0.3) is 0 Å². The van der Waals surface area contributed by atoms with Crippen LogP contribution in [-0.4, -0.2) is 0 Å². The SMILES string of the molecule is Cc1ccc(C)c(CC(NN)c2ccsc2)c1. The number of benzene rings is 1. The lowest BCUT2D eigenvalue weighted by Gasteiger charge is -2.16. The number of hydrogen-bond acceptors (Lipinski definition) is 3. The van der Waals surface area contributed by atoms with Crippen molar-refractivity contribution >= 4 is 11.3 Å². The zero-order chi connectivity index (χ0) is 12.3. The third-order valence-corrected chi connectivity index (χ3v) is 3.78. The fourth-order valence-corrected chi connectivity index (χ4v) is 2.70. The number of nitrogens with one attached hydrogen (secondary N) is 1. The summed E-state index contributed by atoms with van der Waals surface area (Å²) in [5, 5.41) is 4.23. The van der Waals surface area contributed by atoms with Crippen molar-refractivity contribution in [3.8, 4) is 0 Å². The molecule has 0 bridgehead atoms. The summed E-state index contributed by atoms with van der Waals surface area (Å²) in [6.07, 6.45) is 0.931. The van der Waals surface area contributed by atoms with Gasteiger partial charge in [-0.2, -0.15) is 11.3 Å². The van der Waals surface area contributed by atoms with Gasteiger partial charge < -0.3 is 0 Å². The van der Waals surface area contributed by atoms with E-state index in [-0.39, 0.29) is 6.04 Å². The lowest BCUT2D eigenvalue weighted by Crippen LogP contribution is -2.29. The van der Waals surface area contributed by atoms with E-state index in [1.165, 1.54) is 22.3 Å². The highest BCUT2D eigenvalue weighted by Crippen LogP contribution is 2.22. The zero-order valence-corrected chi connectivity index (χ0v) is 11.1. The van der Waals surface area contributed by atoms with Gasteiger partial charge in [-0.1, -0.05) is 23.8 Å². The van der Waals surface area contributed by atoms with E-state index in [4.69, 9.17) is 5.84 Å². The van der Waals surface area contributed by atoms with E-state index >= 15 is 0 Å². The Morgan fingerprint density at radius 3 is 2.76 bits per heavy atom. The van der Waals surface area contributed by atoms with Crippen LogP contribution in [0.4, 0.5) is 0 Å². The van der Waals surface area contributed by atoms with Gasteiger partial charge in [0.05, 0.1) is 6.04 Å². The Bertz CT molecular complexity index is 477. The molecular formula is C14H18N2S. The summed E-state index contributed by atoms with van der Waals surface area (Å²) in [7, 11) is 0. The molecule has 1 aromatic carbocycles. The Morgan fingerprint density at radius 2 is 2.12 bits per heavy atom. The molecule has 1 unspecified atom stereocenters. The van der Waals surface area contributed by atoms with Crippen LogP contribution in [0.5, 0.6) is 0 Å². The van der Waals surface area contributed by atoms with Crippen LogP contribution >= 0.6 is 11.3 Å². The van der Waals surface area contributed by atoms with Crippen LogP contribution in [0.2, 0.25) is 0 Å². The fraction of sp³-hybridized carbons (Fsp3) is 0.286. The molecule has 0 aliphatic rings. The van der Waals surface area contributed by atoms with Gasteiger partial charge in [0.1, 0.15) is 0 Å². The highest BCUT2D eigenvalue weighted by atomic mass is 32.1. The minimum absolute atomic E-state index is 0.196. The number of nitrogens with two attached hydrogens (primary N) is 1. The normalized spacial score (nSPS) is 12.6. The Labute approximate surface area is 106 Å². The first-order valence-corrected chi connectivity index (χ1v) is 6.69. The molecule has 3 N–H and O–H groups in total. The van der Waals surface area contributed by atoms with E-state index < -0.39 is 0 Å². The molecule has 2 rings (SSSR count). The van der Waals surface area contributed by atoms with Crippen molar-refractivity contribution in [3.63, 3.8) is 0 Å². The van der Waals surface area contributed by atoms with Gasteiger partial charge in [-0.3, -0.25) is 11.3 Å². The Morgan fingerprint density at radius 1 is 1.29 bits per heavy atom. The smallest absolute Gasteiger partial charge is 0.0508 e. The van der Waals surface area contributed by atoms with Crippen molar-refractivity contribution < 1.29 is 0 Å². The number of hydrazine groups is 1. The number of rotatable bonds is 4. The second-order valence-electron chi connectivity index (χ2n) is 4.41.